The Morgan fingerprint density at radius 3 is 2.42 bits per heavy atom. The number of aromatic nitrogens is 1. The Bertz CT molecular complexity index is 570. The van der Waals surface area contributed by atoms with Crippen molar-refractivity contribution in [2.24, 2.45) is 5.41 Å². The Hall–Kier alpha value is -0.600. The number of carbonyl (C=O) groups is 1. The predicted molar refractivity (Wildman–Crippen MR) is 78.0 cm³/mol. The smallest absolute Gasteiger partial charge is 0.274 e. The van der Waals surface area contributed by atoms with Crippen molar-refractivity contribution < 1.29 is 13.2 Å². The summed E-state index contributed by atoms with van der Waals surface area (Å²) < 4.78 is 27.1. The number of rotatable bonds is 4. The van der Waals surface area contributed by atoms with Gasteiger partial charge in [0.2, 0.25) is 5.91 Å². The van der Waals surface area contributed by atoms with Gasteiger partial charge in [-0.1, -0.05) is 43.9 Å². The van der Waals surface area contributed by atoms with Crippen molar-refractivity contribution in [3.63, 3.8) is 0 Å². The van der Waals surface area contributed by atoms with E-state index in [4.69, 9.17) is 0 Å². The maximum atomic E-state index is 12.1. The van der Waals surface area contributed by atoms with Crippen molar-refractivity contribution in [2.75, 3.05) is 6.26 Å². The first-order valence-electron chi connectivity index (χ1n) is 5.62. The number of sulfonamides is 1. The number of thioether (sulfide) groups is 1. The molecule has 1 N–H and O–H groups in total. The fourth-order valence-electron chi connectivity index (χ4n) is 1.41. The fraction of sp³-hybridized carbons (Fsp3) is 0.636. The summed E-state index contributed by atoms with van der Waals surface area (Å²) in [6, 6.07) is 0. The standard InChI is InChI=1S/C11H18N2O3S3/c1-7-9(18-10(12-7)17-5)19(15,16)13-8(14)6-11(2,3)4/h6H2,1-5H3,(H,13,14). The van der Waals surface area contributed by atoms with Gasteiger partial charge < -0.3 is 0 Å². The highest BCUT2D eigenvalue weighted by Gasteiger charge is 2.26. The van der Waals surface area contributed by atoms with Crippen LogP contribution in [0.4, 0.5) is 0 Å². The first-order chi connectivity index (χ1) is 8.55. The normalized spacial score (nSPS) is 12.5. The van der Waals surface area contributed by atoms with E-state index < -0.39 is 15.9 Å². The molecule has 0 radical (unpaired) electrons. The van der Waals surface area contributed by atoms with E-state index in [0.29, 0.717) is 10.0 Å². The zero-order chi connectivity index (χ0) is 14.8. The Kier molecular flexibility index (Phi) is 5.02. The van der Waals surface area contributed by atoms with Crippen LogP contribution in [0.15, 0.2) is 8.55 Å². The minimum Gasteiger partial charge on any atom is -0.274 e. The van der Waals surface area contributed by atoms with Crippen LogP contribution in [-0.2, 0) is 14.8 Å². The lowest BCUT2D eigenvalue weighted by Crippen LogP contribution is -2.33. The molecule has 0 aromatic carbocycles. The van der Waals surface area contributed by atoms with E-state index in [-0.39, 0.29) is 16.0 Å². The second-order valence-electron chi connectivity index (χ2n) is 5.32. The lowest BCUT2D eigenvalue weighted by atomic mass is 9.92. The van der Waals surface area contributed by atoms with E-state index in [1.165, 1.54) is 11.8 Å². The molecule has 19 heavy (non-hydrogen) atoms. The monoisotopic (exact) mass is 322 g/mol. The second kappa shape index (κ2) is 5.80. The van der Waals surface area contributed by atoms with Crippen LogP contribution in [0.3, 0.4) is 0 Å². The minimum absolute atomic E-state index is 0.110. The van der Waals surface area contributed by atoms with Crippen LogP contribution in [-0.4, -0.2) is 25.6 Å². The minimum atomic E-state index is -3.81. The van der Waals surface area contributed by atoms with Crippen molar-refractivity contribution in [3.8, 4) is 0 Å². The van der Waals surface area contributed by atoms with Crippen LogP contribution in [0.25, 0.3) is 0 Å². The molecule has 108 valence electrons. The molecule has 0 bridgehead atoms. The topological polar surface area (TPSA) is 76.1 Å². The van der Waals surface area contributed by atoms with E-state index in [2.05, 4.69) is 9.71 Å². The number of nitrogens with one attached hydrogen (secondary N) is 1. The van der Waals surface area contributed by atoms with Gasteiger partial charge in [-0.2, -0.15) is 0 Å². The van der Waals surface area contributed by atoms with Gasteiger partial charge in [-0.05, 0) is 18.6 Å². The molecule has 0 spiro atoms. The van der Waals surface area contributed by atoms with Crippen molar-refractivity contribution in [2.45, 2.75) is 42.7 Å². The Balaban J connectivity index is 2.92. The fourth-order valence-corrected chi connectivity index (χ4v) is 4.61. The molecule has 0 aliphatic heterocycles. The van der Waals surface area contributed by atoms with Gasteiger partial charge in [0.15, 0.2) is 8.55 Å². The first kappa shape index (κ1) is 16.5. The average Bonchev–Trinajstić information content (AvgIpc) is 2.56. The van der Waals surface area contributed by atoms with E-state index in [1.807, 2.05) is 27.0 Å². The zero-order valence-electron chi connectivity index (χ0n) is 11.6. The number of carbonyl (C=O) groups excluding carboxylic acids is 1. The molecule has 0 atom stereocenters. The number of aryl methyl sites for hydroxylation is 1. The SMILES string of the molecule is CSc1nc(C)c(S(=O)(=O)NC(=O)CC(C)(C)C)s1. The molecule has 1 amide bonds. The molecule has 8 heteroatoms. The van der Waals surface area contributed by atoms with Gasteiger partial charge in [-0.15, -0.1) is 0 Å². The Morgan fingerprint density at radius 2 is 2.00 bits per heavy atom. The summed E-state index contributed by atoms with van der Waals surface area (Å²) in [5.74, 6) is -0.494. The van der Waals surface area contributed by atoms with Crippen LogP contribution in [0.2, 0.25) is 0 Å². The molecule has 1 rings (SSSR count). The summed E-state index contributed by atoms with van der Waals surface area (Å²) in [6.45, 7) is 7.26. The number of thiazole rings is 1. The largest absolute Gasteiger partial charge is 0.275 e. The number of amides is 1. The molecule has 1 aromatic rings. The van der Waals surface area contributed by atoms with Crippen LogP contribution in [0.1, 0.15) is 32.9 Å². The average molecular weight is 322 g/mol. The molecule has 0 fully saturated rings. The van der Waals surface area contributed by atoms with Crippen molar-refractivity contribution in [3.05, 3.63) is 5.69 Å². The van der Waals surface area contributed by atoms with Crippen molar-refractivity contribution in [1.82, 2.24) is 9.71 Å². The molecule has 1 heterocycles. The highest BCUT2D eigenvalue weighted by atomic mass is 32.3. The summed E-state index contributed by atoms with van der Waals surface area (Å²) in [5.41, 5.74) is 0.165. The van der Waals surface area contributed by atoms with E-state index in [1.54, 1.807) is 6.92 Å². The van der Waals surface area contributed by atoms with Gasteiger partial charge in [-0.3, -0.25) is 4.79 Å². The number of nitrogens with zero attached hydrogens (tertiary/aromatic N) is 1. The molecule has 0 saturated carbocycles. The van der Waals surface area contributed by atoms with E-state index in [0.717, 1.165) is 11.3 Å². The summed E-state index contributed by atoms with van der Waals surface area (Å²) >= 11 is 2.45. The maximum absolute atomic E-state index is 12.1. The summed E-state index contributed by atoms with van der Waals surface area (Å²) in [4.78, 5) is 15.9. The lowest BCUT2D eigenvalue weighted by molar-refractivity contribution is -0.121. The highest BCUT2D eigenvalue weighted by Crippen LogP contribution is 2.29. The number of hydrogen-bond acceptors (Lipinski definition) is 6. The summed E-state index contributed by atoms with van der Waals surface area (Å²) in [6.07, 6.45) is 1.98. The van der Waals surface area contributed by atoms with Crippen molar-refractivity contribution in [1.29, 1.82) is 0 Å². The molecule has 5 nitrogen and oxygen atoms in total. The molecular formula is C11H18N2O3S3. The van der Waals surface area contributed by atoms with Crippen LogP contribution < -0.4 is 4.72 Å². The molecule has 0 aliphatic carbocycles. The highest BCUT2D eigenvalue weighted by molar-refractivity contribution is 8.00. The second-order valence-corrected chi connectivity index (χ2v) is 9.25. The van der Waals surface area contributed by atoms with Crippen molar-refractivity contribution >= 4 is 39.0 Å². The lowest BCUT2D eigenvalue weighted by Gasteiger charge is -2.16. The summed E-state index contributed by atoms with van der Waals surface area (Å²) in [7, 11) is -3.81. The predicted octanol–water partition coefficient (Wildman–Crippen LogP) is 2.41. The summed E-state index contributed by atoms with van der Waals surface area (Å²) in [5, 5.41) is 0. The van der Waals surface area contributed by atoms with Gasteiger partial charge in [0, 0.05) is 6.42 Å². The van der Waals surface area contributed by atoms with Crippen LogP contribution in [0.5, 0.6) is 0 Å². The van der Waals surface area contributed by atoms with Gasteiger partial charge in [0.1, 0.15) is 0 Å². The molecule has 0 unspecified atom stereocenters. The quantitative estimate of drug-likeness (QED) is 0.862. The van der Waals surface area contributed by atoms with Gasteiger partial charge in [0.25, 0.3) is 10.0 Å². The Morgan fingerprint density at radius 1 is 1.42 bits per heavy atom. The van der Waals surface area contributed by atoms with E-state index >= 15 is 0 Å². The van der Waals surface area contributed by atoms with Gasteiger partial charge in [0.05, 0.1) is 5.69 Å². The third kappa shape index (κ3) is 4.77. The van der Waals surface area contributed by atoms with Gasteiger partial charge >= 0.3 is 0 Å². The van der Waals surface area contributed by atoms with Gasteiger partial charge in [-0.25, -0.2) is 18.1 Å². The van der Waals surface area contributed by atoms with Crippen LogP contribution in [0, 0.1) is 12.3 Å². The zero-order valence-corrected chi connectivity index (χ0v) is 14.1. The maximum Gasteiger partial charge on any atom is 0.275 e. The first-order valence-corrected chi connectivity index (χ1v) is 9.15. The molecule has 0 aliphatic rings. The molecule has 0 saturated heterocycles. The molecule has 1 aromatic heterocycles. The van der Waals surface area contributed by atoms with Crippen LogP contribution >= 0.6 is 23.1 Å². The van der Waals surface area contributed by atoms with E-state index in [9.17, 15) is 13.2 Å². The third-order valence-corrected chi connectivity index (χ3v) is 6.22. The molecular weight excluding hydrogens is 304 g/mol. The third-order valence-electron chi connectivity index (χ3n) is 2.09. The Labute approximate surface area is 122 Å². The number of hydrogen-bond donors (Lipinski definition) is 1.